The predicted molar refractivity (Wildman–Crippen MR) is 50.1 cm³/mol. The van der Waals surface area contributed by atoms with Gasteiger partial charge in [0.15, 0.2) is 0 Å². The second-order valence-electron chi connectivity index (χ2n) is 2.16. The zero-order valence-corrected chi connectivity index (χ0v) is 8.16. The van der Waals surface area contributed by atoms with Crippen molar-refractivity contribution in [3.8, 4) is 0 Å². The van der Waals surface area contributed by atoms with Gasteiger partial charge in [0.2, 0.25) is 5.12 Å². The monoisotopic (exact) mass is 195 g/mol. The molecule has 0 radical (unpaired) electrons. The maximum absolute atomic E-state index is 11.0. The van der Waals surface area contributed by atoms with Crippen molar-refractivity contribution < 1.29 is 9.00 Å². The van der Waals surface area contributed by atoms with Crippen LogP contribution in [0.1, 0.15) is 13.3 Å². The Hall–Kier alpha value is 0.130. The molecule has 0 fully saturated rings. The molecule has 0 saturated carbocycles. The van der Waals surface area contributed by atoms with Crippen LogP contribution in [-0.4, -0.2) is 26.9 Å². The Labute approximate surface area is 74.6 Å². The Balaban J connectivity index is 3.92. The summed E-state index contributed by atoms with van der Waals surface area (Å²) in [6.07, 6.45) is 0.734. The van der Waals surface area contributed by atoms with E-state index in [4.69, 9.17) is 5.73 Å². The van der Waals surface area contributed by atoms with E-state index in [0.717, 1.165) is 6.42 Å². The summed E-state index contributed by atoms with van der Waals surface area (Å²) in [5.74, 6) is 0.661. The van der Waals surface area contributed by atoms with Crippen molar-refractivity contribution in [3.05, 3.63) is 0 Å². The average Bonchev–Trinajstić information content (AvgIpc) is 2.02. The number of hydrogen-bond acceptors (Lipinski definition) is 4. The minimum atomic E-state index is -1.41. The van der Waals surface area contributed by atoms with Crippen LogP contribution in [-0.2, 0) is 15.6 Å². The highest BCUT2D eigenvalue weighted by Gasteiger charge is 2.17. The van der Waals surface area contributed by atoms with Gasteiger partial charge in [-0.1, -0.05) is 6.92 Å². The van der Waals surface area contributed by atoms with Crippen molar-refractivity contribution >= 4 is 28.5 Å². The topological polar surface area (TPSA) is 60.2 Å². The lowest BCUT2D eigenvalue weighted by molar-refractivity contribution is -0.112. The molecule has 0 saturated heterocycles. The summed E-state index contributed by atoms with van der Waals surface area (Å²) in [6, 6.07) is -0.675. The Bertz CT molecular complexity index is 161. The Kier molecular flexibility index (Phi) is 5.81. The van der Waals surface area contributed by atoms with Crippen LogP contribution in [0, 0.1) is 0 Å². The fraction of sp³-hybridized carbons (Fsp3) is 0.833. The third-order valence-electron chi connectivity index (χ3n) is 1.11. The van der Waals surface area contributed by atoms with Gasteiger partial charge in [-0.2, -0.15) is 12.6 Å². The van der Waals surface area contributed by atoms with Crippen molar-refractivity contribution in [2.24, 2.45) is 5.73 Å². The molecule has 0 aliphatic heterocycles. The van der Waals surface area contributed by atoms with Crippen LogP contribution in [0.5, 0.6) is 0 Å². The first-order chi connectivity index (χ1) is 5.13. The van der Waals surface area contributed by atoms with Crippen LogP contribution in [0.3, 0.4) is 0 Å². The molecule has 0 amide bonds. The Morgan fingerprint density at radius 3 is 2.64 bits per heavy atom. The maximum Gasteiger partial charge on any atom is 0.236 e. The normalized spacial score (nSPS) is 15.9. The van der Waals surface area contributed by atoms with E-state index in [2.05, 4.69) is 12.6 Å². The molecule has 0 heterocycles. The van der Waals surface area contributed by atoms with Gasteiger partial charge in [-0.05, 0) is 6.42 Å². The van der Waals surface area contributed by atoms with E-state index in [9.17, 15) is 9.00 Å². The van der Waals surface area contributed by atoms with Gasteiger partial charge in [0.25, 0.3) is 0 Å². The van der Waals surface area contributed by atoms with E-state index in [1.54, 1.807) is 0 Å². The molecule has 0 aliphatic carbocycles. The first kappa shape index (κ1) is 11.1. The van der Waals surface area contributed by atoms with E-state index in [0.29, 0.717) is 5.75 Å². The van der Waals surface area contributed by atoms with Crippen molar-refractivity contribution in [3.63, 3.8) is 0 Å². The number of nitrogens with two attached hydrogens (primary N) is 1. The van der Waals surface area contributed by atoms with E-state index in [1.807, 2.05) is 6.92 Å². The van der Waals surface area contributed by atoms with Crippen LogP contribution in [0.15, 0.2) is 0 Å². The smallest absolute Gasteiger partial charge is 0.236 e. The molecule has 2 atom stereocenters. The fourth-order valence-electron chi connectivity index (χ4n) is 0.529. The van der Waals surface area contributed by atoms with Gasteiger partial charge in [0.1, 0.15) is 0 Å². The zero-order chi connectivity index (χ0) is 8.85. The molecule has 0 bridgehead atoms. The van der Waals surface area contributed by atoms with Crippen LogP contribution >= 0.6 is 12.6 Å². The summed E-state index contributed by atoms with van der Waals surface area (Å²) in [7, 11) is -1.41. The van der Waals surface area contributed by atoms with E-state index in [1.165, 1.54) is 0 Å². The maximum atomic E-state index is 11.0. The molecule has 0 spiro atoms. The van der Waals surface area contributed by atoms with Crippen molar-refractivity contribution in [2.75, 3.05) is 11.5 Å². The number of rotatable bonds is 4. The van der Waals surface area contributed by atoms with E-state index in [-0.39, 0.29) is 10.9 Å². The summed E-state index contributed by atoms with van der Waals surface area (Å²) < 4.78 is 11.0. The molecule has 0 aliphatic rings. The molecule has 5 heteroatoms. The Morgan fingerprint density at radius 1 is 1.73 bits per heavy atom. The molecule has 2 N–H and O–H groups in total. The minimum absolute atomic E-state index is 0.258. The second kappa shape index (κ2) is 5.74. The SMILES string of the molecule is CCCS(=O)C(=O)[C@@H](N)CS. The molecule has 3 nitrogen and oxygen atoms in total. The van der Waals surface area contributed by atoms with Gasteiger partial charge in [0.05, 0.1) is 16.8 Å². The van der Waals surface area contributed by atoms with Crippen molar-refractivity contribution in [1.29, 1.82) is 0 Å². The lowest BCUT2D eigenvalue weighted by atomic mass is 10.4. The molecule has 11 heavy (non-hydrogen) atoms. The van der Waals surface area contributed by atoms with Gasteiger partial charge in [-0.3, -0.25) is 9.00 Å². The predicted octanol–water partition coefficient (Wildman–Crippen LogP) is -0.0712. The minimum Gasteiger partial charge on any atom is -0.320 e. The molecular formula is C6H13NO2S2. The Morgan fingerprint density at radius 2 is 2.27 bits per heavy atom. The highest BCUT2D eigenvalue weighted by Crippen LogP contribution is 1.94. The lowest BCUT2D eigenvalue weighted by Crippen LogP contribution is -2.35. The van der Waals surface area contributed by atoms with Crippen LogP contribution < -0.4 is 5.73 Å². The molecule has 66 valence electrons. The van der Waals surface area contributed by atoms with Crippen LogP contribution in [0.25, 0.3) is 0 Å². The van der Waals surface area contributed by atoms with Gasteiger partial charge in [0, 0.05) is 11.5 Å². The van der Waals surface area contributed by atoms with Crippen LogP contribution in [0.4, 0.5) is 0 Å². The highest BCUT2D eigenvalue weighted by atomic mass is 32.2. The van der Waals surface area contributed by atoms with Gasteiger partial charge in [-0.15, -0.1) is 0 Å². The third-order valence-corrected chi connectivity index (χ3v) is 3.04. The largest absolute Gasteiger partial charge is 0.320 e. The van der Waals surface area contributed by atoms with Crippen molar-refractivity contribution in [1.82, 2.24) is 0 Å². The van der Waals surface area contributed by atoms with E-state index >= 15 is 0 Å². The highest BCUT2D eigenvalue weighted by molar-refractivity contribution is 8.00. The molecule has 0 aromatic rings. The molecule has 1 unspecified atom stereocenters. The third kappa shape index (κ3) is 3.88. The number of thiol groups is 1. The molecule has 0 aromatic heterocycles. The zero-order valence-electron chi connectivity index (χ0n) is 6.45. The van der Waals surface area contributed by atoms with E-state index < -0.39 is 16.8 Å². The van der Waals surface area contributed by atoms with Crippen molar-refractivity contribution in [2.45, 2.75) is 19.4 Å². The first-order valence-electron chi connectivity index (χ1n) is 3.42. The number of hydrogen-bond donors (Lipinski definition) is 2. The van der Waals surface area contributed by atoms with Gasteiger partial charge >= 0.3 is 0 Å². The number of carbonyl (C=O) groups excluding carboxylic acids is 1. The van der Waals surface area contributed by atoms with Gasteiger partial charge < -0.3 is 5.73 Å². The summed E-state index contributed by atoms with van der Waals surface area (Å²) in [5.41, 5.74) is 5.33. The van der Waals surface area contributed by atoms with Crippen LogP contribution in [0.2, 0.25) is 0 Å². The quantitative estimate of drug-likeness (QED) is 0.617. The summed E-state index contributed by atoms with van der Waals surface area (Å²) >= 11 is 3.84. The standard InChI is InChI=1S/C6H13NO2S2/c1-2-3-11(9)6(8)5(7)4-10/h5,10H,2-4,7H2,1H3/t5-,11?/m0/s1. The molecule has 0 aromatic carbocycles. The lowest BCUT2D eigenvalue weighted by Gasteiger charge is -2.04. The van der Waals surface area contributed by atoms with Gasteiger partial charge in [-0.25, -0.2) is 0 Å². The number of carbonyl (C=O) groups is 1. The first-order valence-corrected chi connectivity index (χ1v) is 5.37. The summed E-state index contributed by atoms with van der Waals surface area (Å²) in [5, 5.41) is -0.387. The summed E-state index contributed by atoms with van der Waals surface area (Å²) in [6.45, 7) is 1.87. The second-order valence-corrected chi connectivity index (χ2v) is 4.02. The average molecular weight is 195 g/mol. The summed E-state index contributed by atoms with van der Waals surface area (Å²) in [4.78, 5) is 11.0. The molecular weight excluding hydrogens is 182 g/mol. The molecule has 0 rings (SSSR count). The fourth-order valence-corrected chi connectivity index (χ4v) is 1.81.